The Hall–Kier alpha value is -1.88. The zero-order valence-corrected chi connectivity index (χ0v) is 12.5. The maximum absolute atomic E-state index is 6.34. The highest BCUT2D eigenvalue weighted by molar-refractivity contribution is 7.16. The number of thiophene rings is 1. The lowest BCUT2D eigenvalue weighted by Crippen LogP contribution is -2.00. The number of nitrogens with two attached hydrogens (primary N) is 1. The number of pyridine rings is 1. The van der Waals surface area contributed by atoms with Crippen LogP contribution >= 0.6 is 11.3 Å². The molecule has 5 heteroatoms. The summed E-state index contributed by atoms with van der Waals surface area (Å²) in [6.07, 6.45) is 9.77. The van der Waals surface area contributed by atoms with E-state index in [4.69, 9.17) is 10.7 Å². The third kappa shape index (κ3) is 1.61. The molecule has 3 heterocycles. The predicted octanol–water partition coefficient (Wildman–Crippen LogP) is 3.57. The molecular formula is C16H16N4S. The summed E-state index contributed by atoms with van der Waals surface area (Å²) in [6.45, 7) is 0. The molecule has 0 radical (unpaired) electrons. The standard InChI is InChI=1S/C16H16N4S/c17-15-14(10-2-1-3-13(10)21-15)16-19-11-8-18-7-6-12(11)20(16)9-4-5-9/h6-9H,1-5,17H2. The number of imidazole rings is 1. The van der Waals surface area contributed by atoms with Crippen LogP contribution in [0.3, 0.4) is 0 Å². The van der Waals surface area contributed by atoms with E-state index in [0.29, 0.717) is 6.04 Å². The number of aryl methyl sites for hydroxylation is 1. The van der Waals surface area contributed by atoms with Gasteiger partial charge in [-0.3, -0.25) is 4.98 Å². The molecule has 0 amide bonds. The number of anilines is 1. The maximum atomic E-state index is 6.34. The molecule has 2 N–H and O–H groups in total. The molecule has 3 aromatic rings. The molecule has 0 aliphatic heterocycles. The number of hydrogen-bond acceptors (Lipinski definition) is 4. The molecule has 1 fully saturated rings. The number of fused-ring (bicyclic) bond motifs is 2. The lowest BCUT2D eigenvalue weighted by Gasteiger charge is -2.09. The summed E-state index contributed by atoms with van der Waals surface area (Å²) in [5.74, 6) is 1.07. The smallest absolute Gasteiger partial charge is 0.144 e. The Bertz CT molecular complexity index is 857. The van der Waals surface area contributed by atoms with E-state index >= 15 is 0 Å². The lowest BCUT2D eigenvalue weighted by molar-refractivity contribution is 0.774. The van der Waals surface area contributed by atoms with E-state index in [9.17, 15) is 0 Å². The minimum Gasteiger partial charge on any atom is -0.390 e. The minimum absolute atomic E-state index is 0.587. The van der Waals surface area contributed by atoms with Crippen molar-refractivity contribution in [3.63, 3.8) is 0 Å². The van der Waals surface area contributed by atoms with Crippen molar-refractivity contribution < 1.29 is 0 Å². The van der Waals surface area contributed by atoms with Crippen LogP contribution in [-0.2, 0) is 12.8 Å². The summed E-state index contributed by atoms with van der Waals surface area (Å²) in [6, 6.07) is 2.66. The highest BCUT2D eigenvalue weighted by atomic mass is 32.1. The van der Waals surface area contributed by atoms with Gasteiger partial charge in [-0.1, -0.05) is 0 Å². The second kappa shape index (κ2) is 4.07. The van der Waals surface area contributed by atoms with Crippen LogP contribution in [0.4, 0.5) is 5.00 Å². The molecular weight excluding hydrogens is 280 g/mol. The number of nitrogens with zero attached hydrogens (tertiary/aromatic N) is 3. The Labute approximate surface area is 126 Å². The van der Waals surface area contributed by atoms with Crippen molar-refractivity contribution in [2.24, 2.45) is 0 Å². The average Bonchev–Trinajstić information content (AvgIpc) is 2.97. The zero-order chi connectivity index (χ0) is 14.0. The Morgan fingerprint density at radius 3 is 3.05 bits per heavy atom. The molecule has 0 bridgehead atoms. The minimum atomic E-state index is 0.587. The summed E-state index contributed by atoms with van der Waals surface area (Å²) in [4.78, 5) is 10.6. The Morgan fingerprint density at radius 1 is 1.29 bits per heavy atom. The number of hydrogen-bond donors (Lipinski definition) is 1. The van der Waals surface area contributed by atoms with Gasteiger partial charge in [0.2, 0.25) is 0 Å². The molecule has 2 aliphatic rings. The van der Waals surface area contributed by atoms with E-state index in [2.05, 4.69) is 15.6 Å². The van der Waals surface area contributed by atoms with Crippen molar-refractivity contribution in [1.82, 2.24) is 14.5 Å². The summed E-state index contributed by atoms with van der Waals surface area (Å²) in [7, 11) is 0. The number of rotatable bonds is 2. The van der Waals surface area contributed by atoms with Crippen molar-refractivity contribution in [3.05, 3.63) is 28.9 Å². The Kier molecular flexibility index (Phi) is 2.28. The molecule has 3 aromatic heterocycles. The van der Waals surface area contributed by atoms with Crippen molar-refractivity contribution in [2.45, 2.75) is 38.1 Å². The van der Waals surface area contributed by atoms with Gasteiger partial charge >= 0.3 is 0 Å². The first-order chi connectivity index (χ1) is 10.3. The molecule has 1 saturated carbocycles. The van der Waals surface area contributed by atoms with E-state index in [1.165, 1.54) is 47.2 Å². The maximum Gasteiger partial charge on any atom is 0.144 e. The Balaban J connectivity index is 1.83. The second-order valence-corrected chi connectivity index (χ2v) is 7.13. The fourth-order valence-electron chi connectivity index (χ4n) is 3.50. The van der Waals surface area contributed by atoms with Gasteiger partial charge < -0.3 is 10.3 Å². The van der Waals surface area contributed by atoms with Gasteiger partial charge in [-0.2, -0.15) is 0 Å². The van der Waals surface area contributed by atoms with Crippen LogP contribution in [0.5, 0.6) is 0 Å². The van der Waals surface area contributed by atoms with Crippen LogP contribution < -0.4 is 5.73 Å². The van der Waals surface area contributed by atoms with Gasteiger partial charge in [-0.25, -0.2) is 4.98 Å². The fraction of sp³-hybridized carbons (Fsp3) is 0.375. The van der Waals surface area contributed by atoms with Crippen molar-refractivity contribution in [2.75, 3.05) is 5.73 Å². The van der Waals surface area contributed by atoms with Gasteiger partial charge in [0.25, 0.3) is 0 Å². The third-order valence-electron chi connectivity index (χ3n) is 4.58. The highest BCUT2D eigenvalue weighted by Crippen LogP contribution is 2.47. The van der Waals surface area contributed by atoms with Gasteiger partial charge in [-0.05, 0) is 43.7 Å². The molecule has 0 aromatic carbocycles. The highest BCUT2D eigenvalue weighted by Gasteiger charge is 2.32. The summed E-state index contributed by atoms with van der Waals surface area (Å²) in [5, 5.41) is 0.935. The van der Waals surface area contributed by atoms with Gasteiger partial charge in [-0.15, -0.1) is 11.3 Å². The van der Waals surface area contributed by atoms with Crippen molar-refractivity contribution in [1.29, 1.82) is 0 Å². The van der Waals surface area contributed by atoms with E-state index in [1.807, 2.05) is 12.4 Å². The van der Waals surface area contributed by atoms with Crippen LogP contribution in [0, 0.1) is 0 Å². The monoisotopic (exact) mass is 296 g/mol. The van der Waals surface area contributed by atoms with Crippen LogP contribution in [0.15, 0.2) is 18.5 Å². The molecule has 2 aliphatic carbocycles. The average molecular weight is 296 g/mol. The molecule has 5 rings (SSSR count). The van der Waals surface area contributed by atoms with E-state index < -0.39 is 0 Å². The summed E-state index contributed by atoms with van der Waals surface area (Å²) >= 11 is 1.76. The van der Waals surface area contributed by atoms with E-state index in [1.54, 1.807) is 11.3 Å². The third-order valence-corrected chi connectivity index (χ3v) is 5.70. The topological polar surface area (TPSA) is 56.7 Å². The second-order valence-electron chi connectivity index (χ2n) is 6.00. The first kappa shape index (κ1) is 11.7. The molecule has 0 atom stereocenters. The number of nitrogen functional groups attached to an aromatic ring is 1. The molecule has 21 heavy (non-hydrogen) atoms. The number of aromatic nitrogens is 3. The van der Waals surface area contributed by atoms with Gasteiger partial charge in [0.05, 0.1) is 22.3 Å². The predicted molar refractivity (Wildman–Crippen MR) is 85.5 cm³/mol. The van der Waals surface area contributed by atoms with Crippen molar-refractivity contribution in [3.8, 4) is 11.4 Å². The summed E-state index contributed by atoms with van der Waals surface area (Å²) in [5.41, 5.74) is 11.2. The molecule has 4 nitrogen and oxygen atoms in total. The molecule has 0 saturated heterocycles. The van der Waals surface area contributed by atoms with Gasteiger partial charge in [0.15, 0.2) is 0 Å². The first-order valence-corrected chi connectivity index (χ1v) is 8.37. The van der Waals surface area contributed by atoms with Crippen molar-refractivity contribution >= 4 is 27.4 Å². The van der Waals surface area contributed by atoms with Gasteiger partial charge in [0, 0.05) is 17.1 Å². The van der Waals surface area contributed by atoms with Gasteiger partial charge in [0.1, 0.15) is 11.3 Å². The fourth-order valence-corrected chi connectivity index (χ4v) is 4.66. The van der Waals surface area contributed by atoms with Crippen LogP contribution in [0.1, 0.15) is 35.7 Å². The normalized spacial score (nSPS) is 17.5. The van der Waals surface area contributed by atoms with Crippen LogP contribution in [0.25, 0.3) is 22.4 Å². The quantitative estimate of drug-likeness (QED) is 0.786. The zero-order valence-electron chi connectivity index (χ0n) is 11.7. The van der Waals surface area contributed by atoms with Crippen LogP contribution in [-0.4, -0.2) is 14.5 Å². The lowest BCUT2D eigenvalue weighted by atomic mass is 10.1. The molecule has 0 spiro atoms. The summed E-state index contributed by atoms with van der Waals surface area (Å²) < 4.78 is 2.40. The van der Waals surface area contributed by atoms with E-state index in [-0.39, 0.29) is 0 Å². The largest absolute Gasteiger partial charge is 0.390 e. The van der Waals surface area contributed by atoms with E-state index in [0.717, 1.165) is 22.8 Å². The first-order valence-electron chi connectivity index (χ1n) is 7.55. The van der Waals surface area contributed by atoms with Crippen LogP contribution in [0.2, 0.25) is 0 Å². The molecule has 0 unspecified atom stereocenters. The SMILES string of the molecule is Nc1sc2c(c1-c1nc3cnccc3n1C1CC1)CCC2. The Morgan fingerprint density at radius 2 is 2.19 bits per heavy atom. The molecule has 106 valence electrons.